The molecule has 0 aliphatic carbocycles. The Morgan fingerprint density at radius 1 is 1.24 bits per heavy atom. The Kier molecular flexibility index (Phi) is 10.2. The van der Waals surface area contributed by atoms with Gasteiger partial charge in [-0.05, 0) is 38.1 Å². The normalized spacial score (nSPS) is 17.4. The van der Waals surface area contributed by atoms with Crippen LogP contribution in [0.15, 0.2) is 39.8 Å². The Morgan fingerprint density at radius 2 is 1.90 bits per heavy atom. The van der Waals surface area contributed by atoms with Crippen molar-refractivity contribution in [2.24, 2.45) is 27.3 Å². The van der Waals surface area contributed by atoms with Crippen LogP contribution in [0.5, 0.6) is 5.75 Å². The van der Waals surface area contributed by atoms with Crippen LogP contribution >= 0.6 is 11.3 Å². The number of ether oxygens (including phenoxy) is 1. The molecule has 1 aromatic carbocycles. The van der Waals surface area contributed by atoms with Crippen LogP contribution in [0.25, 0.3) is 0 Å². The van der Waals surface area contributed by atoms with Gasteiger partial charge in [0.25, 0.3) is 11.8 Å². The maximum absolute atomic E-state index is 13.0. The highest BCUT2D eigenvalue weighted by atomic mass is 32.3. The summed E-state index contributed by atoms with van der Waals surface area (Å²) >= 11 is 1.05. The number of nitrogens with two attached hydrogens (primary N) is 4. The zero-order valence-corrected chi connectivity index (χ0v) is 23.7. The fraction of sp³-hybridized carbons (Fsp3) is 0.409. The highest BCUT2D eigenvalue weighted by Crippen LogP contribution is 2.33. The molecule has 19 heteroatoms. The summed E-state index contributed by atoms with van der Waals surface area (Å²) in [5, 5.41) is 8.35. The van der Waals surface area contributed by atoms with Crippen molar-refractivity contribution >= 4 is 50.2 Å². The van der Waals surface area contributed by atoms with E-state index in [1.54, 1.807) is 24.3 Å². The first-order valence-corrected chi connectivity index (χ1v) is 14.2. The van der Waals surface area contributed by atoms with Crippen LogP contribution in [0.2, 0.25) is 0 Å². The number of hydrogen-bond acceptors (Lipinski definition) is 14. The lowest BCUT2D eigenvalue weighted by atomic mass is 9.84. The minimum atomic E-state index is -4.95. The number of amides is 2. The van der Waals surface area contributed by atoms with E-state index in [-0.39, 0.29) is 48.9 Å². The molecule has 224 valence electrons. The van der Waals surface area contributed by atoms with Gasteiger partial charge in [-0.3, -0.25) is 19.1 Å². The van der Waals surface area contributed by atoms with Gasteiger partial charge in [0, 0.05) is 24.0 Å². The molecule has 10 N–H and O–H groups in total. The number of carbonyl (C=O) groups is 2. The number of aromatic nitrogens is 1. The summed E-state index contributed by atoms with van der Waals surface area (Å²) in [5.74, 6) is -0.953. The Hall–Kier alpha value is -3.88. The lowest BCUT2D eigenvalue weighted by molar-refractivity contribution is -0.218. The van der Waals surface area contributed by atoms with Crippen LogP contribution in [0, 0.1) is 0 Å². The number of hydrogen-bond donors (Lipinski definition) is 6. The topological polar surface area (TPSA) is 273 Å². The van der Waals surface area contributed by atoms with Crippen molar-refractivity contribution in [2.75, 3.05) is 32.0 Å². The molecule has 17 nitrogen and oxygen atoms in total. The standard InChI is InChI=1S/C22H31N9O8S2/c1-22(2)17(20(33)31(22)39-41(34,35)36)29-19(32)16(15-11-40-21(26)28-15)30-38-8-7-37-14-5-3-12(4-6-14)18(25)27-13(9-23)10-24/h3-6,11,13,17H,7-10,23-24H2,1-2H3,(H2,25,27)(H2,26,28)(H,29,32)(H,34,35,36)/t17-/m1/s1. The molecule has 2 aromatic rings. The number of thiazole rings is 1. The molecule has 2 amide bonds. The molecule has 1 aliphatic rings. The third-order valence-corrected chi connectivity index (χ3v) is 6.73. The average molecular weight is 614 g/mol. The fourth-order valence-electron chi connectivity index (χ4n) is 3.52. The zero-order valence-electron chi connectivity index (χ0n) is 22.1. The summed E-state index contributed by atoms with van der Waals surface area (Å²) in [6.45, 7) is 3.38. The smallest absolute Gasteiger partial charge is 0.418 e. The van der Waals surface area contributed by atoms with E-state index in [0.29, 0.717) is 22.2 Å². The summed E-state index contributed by atoms with van der Waals surface area (Å²) in [6, 6.07) is 5.33. The van der Waals surface area contributed by atoms with Crippen molar-refractivity contribution in [2.45, 2.75) is 31.5 Å². The third kappa shape index (κ3) is 8.08. The predicted octanol–water partition coefficient (Wildman–Crippen LogP) is -1.64. The first-order chi connectivity index (χ1) is 19.3. The number of β-lactam (4-membered cyclic amide) rings is 1. The van der Waals surface area contributed by atoms with Gasteiger partial charge in [-0.15, -0.1) is 15.6 Å². The molecule has 0 saturated carbocycles. The molecule has 0 spiro atoms. The lowest BCUT2D eigenvalue weighted by Gasteiger charge is -2.50. The summed E-state index contributed by atoms with van der Waals surface area (Å²) < 4.78 is 40.8. The number of amidine groups is 1. The zero-order chi connectivity index (χ0) is 30.4. The van der Waals surface area contributed by atoms with Crippen LogP contribution < -0.4 is 33.0 Å². The van der Waals surface area contributed by atoms with Crippen molar-refractivity contribution in [3.8, 4) is 5.75 Å². The monoisotopic (exact) mass is 613 g/mol. The van der Waals surface area contributed by atoms with E-state index < -0.39 is 33.8 Å². The third-order valence-electron chi connectivity index (χ3n) is 5.72. The van der Waals surface area contributed by atoms with E-state index in [4.69, 9.17) is 37.1 Å². The summed E-state index contributed by atoms with van der Waals surface area (Å²) in [6.07, 6.45) is 0. The van der Waals surface area contributed by atoms with Gasteiger partial charge in [-0.2, -0.15) is 13.5 Å². The van der Waals surface area contributed by atoms with Crippen molar-refractivity contribution in [1.29, 1.82) is 0 Å². The number of nitrogen functional groups attached to an aromatic ring is 1. The number of benzene rings is 1. The van der Waals surface area contributed by atoms with Gasteiger partial charge in [-0.25, -0.2) is 4.98 Å². The molecule has 0 bridgehead atoms. The molecule has 1 fully saturated rings. The van der Waals surface area contributed by atoms with Crippen LogP contribution in [0.3, 0.4) is 0 Å². The minimum absolute atomic E-state index is 0.0546. The van der Waals surface area contributed by atoms with E-state index >= 15 is 0 Å². The molecule has 1 aromatic heterocycles. The number of nitrogens with one attached hydrogen (secondary N) is 1. The number of carbonyl (C=O) groups excluding carboxylic acids is 2. The maximum Gasteiger partial charge on any atom is 0.418 e. The van der Waals surface area contributed by atoms with Crippen molar-refractivity contribution in [3.05, 3.63) is 40.9 Å². The van der Waals surface area contributed by atoms with Gasteiger partial charge in [0.05, 0.1) is 11.6 Å². The van der Waals surface area contributed by atoms with Crippen LogP contribution in [0.1, 0.15) is 25.1 Å². The van der Waals surface area contributed by atoms with Crippen LogP contribution in [-0.4, -0.2) is 90.3 Å². The van der Waals surface area contributed by atoms with Gasteiger partial charge in [0.1, 0.15) is 29.9 Å². The minimum Gasteiger partial charge on any atom is -0.490 e. The molecule has 1 atom stereocenters. The molecular weight excluding hydrogens is 582 g/mol. The fourth-order valence-corrected chi connectivity index (χ4v) is 4.52. The van der Waals surface area contributed by atoms with Gasteiger partial charge in [0.2, 0.25) is 0 Å². The number of anilines is 1. The maximum atomic E-state index is 13.0. The molecule has 0 radical (unpaired) electrons. The van der Waals surface area contributed by atoms with E-state index in [0.717, 1.165) is 11.3 Å². The van der Waals surface area contributed by atoms with Crippen molar-refractivity contribution < 1.29 is 36.4 Å². The highest BCUT2D eigenvalue weighted by Gasteiger charge is 2.58. The first-order valence-electron chi connectivity index (χ1n) is 12.0. The van der Waals surface area contributed by atoms with E-state index in [9.17, 15) is 18.0 Å². The van der Waals surface area contributed by atoms with Gasteiger partial charge < -0.3 is 37.8 Å². The van der Waals surface area contributed by atoms with Gasteiger partial charge >= 0.3 is 10.4 Å². The number of rotatable bonds is 14. The van der Waals surface area contributed by atoms with Crippen molar-refractivity contribution in [3.63, 3.8) is 0 Å². The van der Waals surface area contributed by atoms with E-state index in [2.05, 4.69) is 24.7 Å². The number of nitrogens with zero attached hydrogens (tertiary/aromatic N) is 4. The summed E-state index contributed by atoms with van der Waals surface area (Å²) in [5.41, 5.74) is 22.0. The lowest BCUT2D eigenvalue weighted by Crippen LogP contribution is -2.76. The number of aliphatic imine (C=N–C) groups is 1. The Labute approximate surface area is 239 Å². The second-order valence-corrected chi connectivity index (χ2v) is 10.9. The molecule has 1 aliphatic heterocycles. The molecular formula is C22H31N9O8S2. The predicted molar refractivity (Wildman–Crippen MR) is 149 cm³/mol. The molecule has 2 heterocycles. The SMILES string of the molecule is CC1(C)[C@H](NC(=O)C(=NOCCOc2ccc(C(N)=NC(CN)CN)cc2)c2csc(N)n2)C(=O)N1OS(=O)(=O)O. The Balaban J connectivity index is 1.60. The molecule has 1 saturated heterocycles. The van der Waals surface area contributed by atoms with Crippen LogP contribution in [0.4, 0.5) is 5.13 Å². The second kappa shape index (κ2) is 13.2. The van der Waals surface area contributed by atoms with Crippen molar-refractivity contribution in [1.82, 2.24) is 15.4 Å². The van der Waals surface area contributed by atoms with Gasteiger partial charge in [0.15, 0.2) is 17.5 Å². The first kappa shape index (κ1) is 31.6. The Bertz CT molecular complexity index is 1410. The molecule has 3 rings (SSSR count). The van der Waals surface area contributed by atoms with Crippen LogP contribution in [-0.2, 0) is 29.1 Å². The largest absolute Gasteiger partial charge is 0.490 e. The van der Waals surface area contributed by atoms with E-state index in [1.165, 1.54) is 19.2 Å². The van der Waals surface area contributed by atoms with Gasteiger partial charge in [-0.1, -0.05) is 5.16 Å². The molecule has 0 unspecified atom stereocenters. The quantitative estimate of drug-likeness (QED) is 0.0349. The number of hydroxylamine groups is 2. The number of oxime groups is 1. The second-order valence-electron chi connectivity index (χ2n) is 9.05. The average Bonchev–Trinajstić information content (AvgIpc) is 3.35. The highest BCUT2D eigenvalue weighted by molar-refractivity contribution is 7.80. The molecule has 41 heavy (non-hydrogen) atoms. The Morgan fingerprint density at radius 3 is 2.44 bits per heavy atom. The summed E-state index contributed by atoms with van der Waals surface area (Å²) in [7, 11) is -4.95. The van der Waals surface area contributed by atoms with E-state index in [1.807, 2.05) is 0 Å². The summed E-state index contributed by atoms with van der Waals surface area (Å²) in [4.78, 5) is 39.0.